The minimum Gasteiger partial charge on any atom is -0.485 e. The quantitative estimate of drug-likeness (QED) is 0.367. The number of esters is 1. The Bertz CT molecular complexity index is 1210. The van der Waals surface area contributed by atoms with Crippen molar-refractivity contribution in [2.75, 3.05) is 0 Å². The number of aryl methyl sites for hydroxylation is 1. The van der Waals surface area contributed by atoms with E-state index in [1.54, 1.807) is 44.3 Å². The number of fused-ring (bicyclic) bond motifs is 1. The molecular weight excluding hydrogens is 386 g/mol. The van der Waals surface area contributed by atoms with Gasteiger partial charge in [-0.25, -0.2) is 4.79 Å². The van der Waals surface area contributed by atoms with Crippen LogP contribution in [-0.2, 0) is 11.3 Å². The maximum Gasteiger partial charge on any atom is 0.342 e. The van der Waals surface area contributed by atoms with Gasteiger partial charge in [-0.15, -0.1) is 0 Å². The van der Waals surface area contributed by atoms with E-state index in [-0.39, 0.29) is 18.0 Å². The predicted octanol–water partition coefficient (Wildman–Crippen LogP) is 3.87. The van der Waals surface area contributed by atoms with Crippen LogP contribution in [0.5, 0.6) is 5.75 Å². The van der Waals surface area contributed by atoms with Crippen molar-refractivity contribution in [1.29, 1.82) is 0 Å². The summed E-state index contributed by atoms with van der Waals surface area (Å²) in [5.74, 6) is 0.137. The molecule has 2 heterocycles. The van der Waals surface area contributed by atoms with Crippen LogP contribution in [0.2, 0.25) is 0 Å². The lowest BCUT2D eigenvalue weighted by Crippen LogP contribution is -2.24. The first-order valence-electron chi connectivity index (χ1n) is 9.35. The van der Waals surface area contributed by atoms with E-state index in [1.165, 1.54) is 0 Å². The topological polar surface area (TPSA) is 107 Å². The van der Waals surface area contributed by atoms with Crippen molar-refractivity contribution >= 4 is 22.7 Å². The van der Waals surface area contributed by atoms with Crippen molar-refractivity contribution in [3.63, 3.8) is 0 Å². The van der Waals surface area contributed by atoms with Gasteiger partial charge in [0.25, 0.3) is 0 Å². The maximum atomic E-state index is 12.8. The van der Waals surface area contributed by atoms with E-state index in [9.17, 15) is 9.59 Å². The van der Waals surface area contributed by atoms with Gasteiger partial charge in [0.2, 0.25) is 17.5 Å². The number of H-pyrrole nitrogens is 1. The summed E-state index contributed by atoms with van der Waals surface area (Å²) >= 11 is 0. The van der Waals surface area contributed by atoms with Crippen LogP contribution in [0.25, 0.3) is 10.9 Å². The van der Waals surface area contributed by atoms with E-state index >= 15 is 0 Å². The van der Waals surface area contributed by atoms with Gasteiger partial charge >= 0.3 is 5.97 Å². The summed E-state index contributed by atoms with van der Waals surface area (Å²) in [4.78, 5) is 32.7. The number of nitrogens with zero attached hydrogens (tertiary/aromatic N) is 2. The van der Waals surface area contributed by atoms with E-state index in [2.05, 4.69) is 15.1 Å². The summed E-state index contributed by atoms with van der Waals surface area (Å²) in [6, 6.07) is 14.1. The van der Waals surface area contributed by atoms with Gasteiger partial charge in [-0.05, 0) is 25.1 Å². The number of ketones is 1. The first-order valence-corrected chi connectivity index (χ1v) is 9.35. The fourth-order valence-electron chi connectivity index (χ4n) is 3.08. The Kier molecular flexibility index (Phi) is 5.30. The fourth-order valence-corrected chi connectivity index (χ4v) is 3.08. The van der Waals surface area contributed by atoms with Gasteiger partial charge in [-0.3, -0.25) is 4.79 Å². The van der Waals surface area contributed by atoms with E-state index in [4.69, 9.17) is 14.0 Å². The molecular formula is C22H19N3O5. The van der Waals surface area contributed by atoms with Gasteiger partial charge in [0, 0.05) is 29.6 Å². The van der Waals surface area contributed by atoms with Gasteiger partial charge in [-0.1, -0.05) is 35.5 Å². The lowest BCUT2D eigenvalue weighted by atomic mass is 10.1. The molecule has 0 bridgehead atoms. The molecule has 0 aliphatic heterocycles. The monoisotopic (exact) mass is 405 g/mol. The van der Waals surface area contributed by atoms with Gasteiger partial charge in [0.1, 0.15) is 11.3 Å². The molecule has 4 aromatic rings. The molecule has 0 fully saturated rings. The molecule has 2 aromatic heterocycles. The third kappa shape index (κ3) is 3.93. The molecule has 0 saturated heterocycles. The third-order valence-corrected chi connectivity index (χ3v) is 4.54. The highest BCUT2D eigenvalue weighted by atomic mass is 16.5. The molecule has 8 heteroatoms. The van der Waals surface area contributed by atoms with Crippen LogP contribution in [0.3, 0.4) is 0 Å². The average molecular weight is 405 g/mol. The van der Waals surface area contributed by atoms with Crippen LogP contribution >= 0.6 is 0 Å². The normalized spacial score (nSPS) is 11.9. The Hall–Kier alpha value is -3.94. The van der Waals surface area contributed by atoms with E-state index < -0.39 is 12.1 Å². The first-order chi connectivity index (χ1) is 14.5. The van der Waals surface area contributed by atoms with Gasteiger partial charge in [-0.2, -0.15) is 4.98 Å². The van der Waals surface area contributed by atoms with Gasteiger partial charge < -0.3 is 19.0 Å². The number of hydrogen-bond acceptors (Lipinski definition) is 7. The van der Waals surface area contributed by atoms with Crippen molar-refractivity contribution in [2.24, 2.45) is 0 Å². The largest absolute Gasteiger partial charge is 0.485 e. The first kappa shape index (κ1) is 19.4. The van der Waals surface area contributed by atoms with Gasteiger partial charge in [0.05, 0.1) is 0 Å². The number of para-hydroxylation sites is 2. The average Bonchev–Trinajstić information content (AvgIpc) is 3.37. The molecule has 152 valence electrons. The van der Waals surface area contributed by atoms with Crippen molar-refractivity contribution in [2.45, 2.75) is 26.6 Å². The lowest BCUT2D eigenvalue weighted by Gasteiger charge is -2.14. The second kappa shape index (κ2) is 8.20. The summed E-state index contributed by atoms with van der Waals surface area (Å²) in [5, 5.41) is 4.54. The Balaban J connectivity index is 1.47. The number of aromatic nitrogens is 3. The molecule has 8 nitrogen and oxygen atoms in total. The van der Waals surface area contributed by atoms with Crippen molar-refractivity contribution < 1.29 is 23.6 Å². The van der Waals surface area contributed by atoms with Crippen molar-refractivity contribution in [1.82, 2.24) is 15.1 Å². The zero-order valence-electron chi connectivity index (χ0n) is 16.4. The second-order valence-electron chi connectivity index (χ2n) is 6.67. The highest BCUT2D eigenvalue weighted by molar-refractivity contribution is 6.10. The molecule has 30 heavy (non-hydrogen) atoms. The molecule has 2 aromatic carbocycles. The highest BCUT2D eigenvalue weighted by Crippen LogP contribution is 2.23. The highest BCUT2D eigenvalue weighted by Gasteiger charge is 2.24. The fraction of sp³-hybridized carbons (Fsp3) is 0.182. The van der Waals surface area contributed by atoms with Crippen molar-refractivity contribution in [3.8, 4) is 5.75 Å². The number of carbonyl (C=O) groups is 2. The Morgan fingerprint density at radius 1 is 1.10 bits per heavy atom. The Morgan fingerprint density at radius 2 is 1.87 bits per heavy atom. The van der Waals surface area contributed by atoms with Crippen LogP contribution in [0, 0.1) is 6.92 Å². The summed E-state index contributed by atoms with van der Waals surface area (Å²) in [6.07, 6.45) is 0.658. The van der Waals surface area contributed by atoms with Crippen LogP contribution in [0.1, 0.15) is 39.4 Å². The summed E-state index contributed by atoms with van der Waals surface area (Å²) < 4.78 is 16.0. The third-order valence-electron chi connectivity index (χ3n) is 4.54. The number of benzene rings is 2. The minimum atomic E-state index is -0.968. The molecule has 1 unspecified atom stereocenters. The number of nitrogens with one attached hydrogen (secondary N) is 1. The maximum absolute atomic E-state index is 12.8. The predicted molar refractivity (Wildman–Crippen MR) is 107 cm³/mol. The zero-order valence-corrected chi connectivity index (χ0v) is 16.4. The number of carbonyl (C=O) groups excluding carboxylic acids is 2. The van der Waals surface area contributed by atoms with Crippen LogP contribution < -0.4 is 4.74 Å². The summed E-state index contributed by atoms with van der Waals surface area (Å²) in [5.41, 5.74) is 1.52. The molecule has 0 amide bonds. The van der Waals surface area contributed by atoms with Crippen molar-refractivity contribution in [3.05, 3.63) is 77.6 Å². The van der Waals surface area contributed by atoms with Crippen LogP contribution in [0.15, 0.2) is 59.3 Å². The van der Waals surface area contributed by atoms with Crippen LogP contribution in [-0.4, -0.2) is 33.0 Å². The van der Waals surface area contributed by atoms with Gasteiger partial charge in [0.15, 0.2) is 12.7 Å². The van der Waals surface area contributed by atoms with E-state index in [0.717, 1.165) is 10.9 Å². The lowest BCUT2D eigenvalue weighted by molar-refractivity contribution is 0.0315. The number of aromatic amines is 1. The number of Topliss-reactive ketones (excluding diaryl/α,β-unsaturated/α-hetero) is 1. The molecule has 1 N–H and O–H groups in total. The molecule has 0 spiro atoms. The van der Waals surface area contributed by atoms with E-state index in [1.807, 2.05) is 24.3 Å². The molecule has 0 aliphatic carbocycles. The zero-order chi connectivity index (χ0) is 21.1. The summed E-state index contributed by atoms with van der Waals surface area (Å²) in [7, 11) is 0. The molecule has 4 rings (SSSR count). The smallest absolute Gasteiger partial charge is 0.342 e. The second-order valence-corrected chi connectivity index (χ2v) is 6.67. The van der Waals surface area contributed by atoms with E-state index in [0.29, 0.717) is 23.0 Å². The Morgan fingerprint density at radius 3 is 2.67 bits per heavy atom. The minimum absolute atomic E-state index is 0.0332. The molecule has 0 aliphatic rings. The van der Waals surface area contributed by atoms with Crippen LogP contribution in [0.4, 0.5) is 0 Å². The number of rotatable bonds is 7. The molecule has 0 radical (unpaired) electrons. The number of hydrogen-bond donors (Lipinski definition) is 1. The number of ether oxygens (including phenoxy) is 2. The molecule has 1 atom stereocenters. The molecule has 0 saturated carbocycles. The SMILES string of the molecule is Cc1nc(COc2ccccc2C(=O)OC(C)C(=O)c2c[nH]c3ccccc23)no1. The summed E-state index contributed by atoms with van der Waals surface area (Å²) in [6.45, 7) is 3.26. The standard InChI is InChI=1S/C22H19N3O5/c1-13(21(26)17-11-23-18-9-5-3-7-15(17)18)29-22(27)16-8-4-6-10-19(16)28-12-20-24-14(2)30-25-20/h3-11,13,23H,12H2,1-2H3. The Labute approximate surface area is 171 Å².